The predicted octanol–water partition coefficient (Wildman–Crippen LogP) is 2.53. The van der Waals surface area contributed by atoms with Gasteiger partial charge in [-0.15, -0.1) is 10.2 Å². The monoisotopic (exact) mass is 386 g/mol. The van der Waals surface area contributed by atoms with E-state index < -0.39 is 15.9 Å². The van der Waals surface area contributed by atoms with Crippen LogP contribution in [-0.4, -0.2) is 40.8 Å². The third-order valence-electron chi connectivity index (χ3n) is 5.15. The molecular weight excluding hydrogens is 364 g/mol. The third kappa shape index (κ3) is 3.54. The molecule has 142 valence electrons. The first-order chi connectivity index (χ1) is 13.1. The van der Waals surface area contributed by atoms with Crippen molar-refractivity contribution in [1.29, 1.82) is 0 Å². The quantitative estimate of drug-likeness (QED) is 0.676. The Labute approximate surface area is 158 Å². The molecule has 0 saturated heterocycles. The van der Waals surface area contributed by atoms with Crippen molar-refractivity contribution in [2.24, 2.45) is 5.92 Å². The van der Waals surface area contributed by atoms with E-state index in [1.165, 1.54) is 12.3 Å². The molecule has 1 saturated carbocycles. The molecule has 0 spiro atoms. The topological polar surface area (TPSA) is 96.6 Å². The van der Waals surface area contributed by atoms with Crippen LogP contribution in [0.2, 0.25) is 0 Å². The van der Waals surface area contributed by atoms with Crippen molar-refractivity contribution in [3.63, 3.8) is 0 Å². The van der Waals surface area contributed by atoms with E-state index in [0.29, 0.717) is 24.1 Å². The Morgan fingerprint density at radius 2 is 1.81 bits per heavy atom. The zero-order chi connectivity index (χ0) is 18.9. The molecule has 0 aliphatic heterocycles. The molecule has 3 aromatic rings. The Morgan fingerprint density at radius 1 is 1.07 bits per heavy atom. The second-order valence-electron chi connectivity index (χ2n) is 6.93. The maximum absolute atomic E-state index is 12.8. The molecule has 0 amide bonds. The predicted molar refractivity (Wildman–Crippen MR) is 101 cm³/mol. The van der Waals surface area contributed by atoms with E-state index in [0.717, 1.165) is 25.7 Å². The number of aliphatic hydroxyl groups excluding tert-OH is 1. The highest BCUT2D eigenvalue weighted by Gasteiger charge is 2.24. The molecule has 8 heteroatoms. The summed E-state index contributed by atoms with van der Waals surface area (Å²) in [6, 6.07) is 11.5. The first kappa shape index (κ1) is 17.9. The van der Waals surface area contributed by atoms with Crippen molar-refractivity contribution in [3.05, 3.63) is 48.7 Å². The maximum atomic E-state index is 12.8. The molecule has 1 fully saturated rings. The lowest BCUT2D eigenvalue weighted by molar-refractivity contribution is 0.122. The van der Waals surface area contributed by atoms with Gasteiger partial charge in [-0.1, -0.05) is 31.0 Å². The number of pyridine rings is 1. The highest BCUT2D eigenvalue weighted by atomic mass is 32.2. The van der Waals surface area contributed by atoms with E-state index in [2.05, 4.69) is 15.5 Å². The van der Waals surface area contributed by atoms with Crippen LogP contribution in [0.15, 0.2) is 58.5 Å². The molecule has 0 radical (unpaired) electrons. The molecule has 0 bridgehead atoms. The Balaban J connectivity index is 1.59. The number of rotatable bonds is 6. The van der Waals surface area contributed by atoms with E-state index in [9.17, 15) is 13.5 Å². The summed E-state index contributed by atoms with van der Waals surface area (Å²) in [7, 11) is -3.62. The van der Waals surface area contributed by atoms with Crippen LogP contribution in [-0.2, 0) is 9.84 Å². The molecule has 7 nitrogen and oxygen atoms in total. The zero-order valence-corrected chi connectivity index (χ0v) is 15.6. The number of benzene rings is 1. The number of sulfone groups is 1. The standard InChI is InChI=1S/C19H22N4O3S/c24-17(14-6-4-5-7-14)12-20-19-22-21-18-11-10-16(13-23(18)19)27(25,26)15-8-2-1-3-9-15/h1-3,8-11,13-14,17,24H,4-7,12H2,(H,20,22). The number of fused-ring (bicyclic) bond motifs is 1. The minimum atomic E-state index is -3.62. The van der Waals surface area contributed by atoms with Gasteiger partial charge in [-0.3, -0.25) is 4.40 Å². The van der Waals surface area contributed by atoms with Gasteiger partial charge in [0.2, 0.25) is 15.8 Å². The number of anilines is 1. The molecular formula is C19H22N4O3S. The van der Waals surface area contributed by atoms with Crippen LogP contribution < -0.4 is 5.32 Å². The zero-order valence-electron chi connectivity index (χ0n) is 14.8. The summed E-state index contributed by atoms with van der Waals surface area (Å²) in [5.74, 6) is 0.734. The van der Waals surface area contributed by atoms with Crippen LogP contribution in [0.4, 0.5) is 5.95 Å². The Hall–Kier alpha value is -2.45. The lowest BCUT2D eigenvalue weighted by Gasteiger charge is -2.17. The smallest absolute Gasteiger partial charge is 0.229 e. The van der Waals surface area contributed by atoms with Crippen molar-refractivity contribution in [2.45, 2.75) is 41.6 Å². The number of nitrogens with one attached hydrogen (secondary N) is 1. The van der Waals surface area contributed by atoms with Crippen molar-refractivity contribution in [3.8, 4) is 0 Å². The van der Waals surface area contributed by atoms with Crippen LogP contribution in [0.5, 0.6) is 0 Å². The fourth-order valence-electron chi connectivity index (χ4n) is 3.59. The summed E-state index contributed by atoms with van der Waals surface area (Å²) in [5.41, 5.74) is 0.542. The molecule has 2 N–H and O–H groups in total. The molecule has 2 heterocycles. The van der Waals surface area contributed by atoms with Gasteiger partial charge in [0.05, 0.1) is 15.9 Å². The summed E-state index contributed by atoms with van der Waals surface area (Å²) in [6.45, 7) is 0.362. The molecule has 1 unspecified atom stereocenters. The van der Waals surface area contributed by atoms with E-state index in [4.69, 9.17) is 0 Å². The van der Waals surface area contributed by atoms with E-state index in [-0.39, 0.29) is 9.79 Å². The second-order valence-corrected chi connectivity index (χ2v) is 8.88. The normalized spacial score (nSPS) is 16.6. The van der Waals surface area contributed by atoms with Crippen molar-refractivity contribution >= 4 is 21.4 Å². The van der Waals surface area contributed by atoms with Gasteiger partial charge in [0.15, 0.2) is 5.65 Å². The summed E-state index contributed by atoms with van der Waals surface area (Å²) >= 11 is 0. The lowest BCUT2D eigenvalue weighted by Crippen LogP contribution is -2.27. The first-order valence-corrected chi connectivity index (χ1v) is 10.6. The average Bonchev–Trinajstić information content (AvgIpc) is 3.36. The SMILES string of the molecule is O=S(=O)(c1ccccc1)c1ccc2nnc(NCC(O)C3CCCC3)n2c1. The molecule has 1 atom stereocenters. The largest absolute Gasteiger partial charge is 0.391 e. The maximum Gasteiger partial charge on any atom is 0.229 e. The van der Waals surface area contributed by atoms with Gasteiger partial charge >= 0.3 is 0 Å². The number of hydrogen-bond acceptors (Lipinski definition) is 6. The minimum Gasteiger partial charge on any atom is -0.391 e. The molecule has 4 rings (SSSR count). The van der Waals surface area contributed by atoms with Crippen LogP contribution in [0.25, 0.3) is 5.65 Å². The van der Waals surface area contributed by atoms with Gasteiger partial charge in [-0.25, -0.2) is 8.42 Å². The fraction of sp³-hybridized carbons (Fsp3) is 0.368. The summed E-state index contributed by atoms with van der Waals surface area (Å²) in [4.78, 5) is 0.406. The first-order valence-electron chi connectivity index (χ1n) is 9.12. The average molecular weight is 386 g/mol. The Morgan fingerprint density at radius 3 is 2.56 bits per heavy atom. The van der Waals surface area contributed by atoms with Crippen LogP contribution >= 0.6 is 0 Å². The van der Waals surface area contributed by atoms with Gasteiger partial charge in [0, 0.05) is 12.7 Å². The van der Waals surface area contributed by atoms with Gasteiger partial charge < -0.3 is 10.4 Å². The number of nitrogens with zero attached hydrogens (tertiary/aromatic N) is 3. The van der Waals surface area contributed by atoms with E-state index >= 15 is 0 Å². The van der Waals surface area contributed by atoms with Crippen molar-refractivity contribution < 1.29 is 13.5 Å². The second kappa shape index (κ2) is 7.28. The molecule has 27 heavy (non-hydrogen) atoms. The van der Waals surface area contributed by atoms with Crippen LogP contribution in [0.3, 0.4) is 0 Å². The molecule has 2 aromatic heterocycles. The summed E-state index contributed by atoms with van der Waals surface area (Å²) < 4.78 is 27.3. The third-order valence-corrected chi connectivity index (χ3v) is 6.91. The van der Waals surface area contributed by atoms with Gasteiger partial charge in [0.25, 0.3) is 0 Å². The molecule has 1 aromatic carbocycles. The fourth-order valence-corrected chi connectivity index (χ4v) is 4.87. The van der Waals surface area contributed by atoms with Crippen molar-refractivity contribution in [2.75, 3.05) is 11.9 Å². The number of hydrogen-bond donors (Lipinski definition) is 2. The number of aromatic nitrogens is 3. The van der Waals surface area contributed by atoms with Crippen LogP contribution in [0.1, 0.15) is 25.7 Å². The van der Waals surface area contributed by atoms with Gasteiger partial charge in [0.1, 0.15) is 0 Å². The van der Waals surface area contributed by atoms with Crippen molar-refractivity contribution in [1.82, 2.24) is 14.6 Å². The van der Waals surface area contributed by atoms with E-state index in [1.807, 2.05) is 0 Å². The van der Waals surface area contributed by atoms with Gasteiger partial charge in [-0.2, -0.15) is 0 Å². The number of aliphatic hydroxyl groups is 1. The van der Waals surface area contributed by atoms with Crippen LogP contribution in [0, 0.1) is 5.92 Å². The lowest BCUT2D eigenvalue weighted by atomic mass is 10.0. The molecule has 1 aliphatic rings. The Kier molecular flexibility index (Phi) is 4.84. The van der Waals surface area contributed by atoms with Gasteiger partial charge in [-0.05, 0) is 43.0 Å². The minimum absolute atomic E-state index is 0.167. The highest BCUT2D eigenvalue weighted by Crippen LogP contribution is 2.28. The highest BCUT2D eigenvalue weighted by molar-refractivity contribution is 7.91. The molecule has 1 aliphatic carbocycles. The Bertz CT molecular complexity index is 1030. The van der Waals surface area contributed by atoms with E-state index in [1.54, 1.807) is 40.8 Å². The summed E-state index contributed by atoms with van der Waals surface area (Å²) in [5, 5.41) is 21.6. The summed E-state index contributed by atoms with van der Waals surface area (Å²) in [6.07, 6.45) is 5.48.